The SMILES string of the molecule is COC(=O)c1cccc(NC(=O)c2nn(-c3ccc(C)cc3C)nc2C)c1C. The summed E-state index contributed by atoms with van der Waals surface area (Å²) >= 11 is 0. The summed E-state index contributed by atoms with van der Waals surface area (Å²) in [7, 11) is 1.32. The van der Waals surface area contributed by atoms with Crippen LogP contribution in [0.5, 0.6) is 0 Å². The van der Waals surface area contributed by atoms with Crippen molar-refractivity contribution in [2.24, 2.45) is 0 Å². The average Bonchev–Trinajstić information content (AvgIpc) is 3.04. The highest BCUT2D eigenvalue weighted by Crippen LogP contribution is 2.21. The van der Waals surface area contributed by atoms with Gasteiger partial charge < -0.3 is 10.1 Å². The van der Waals surface area contributed by atoms with Crippen LogP contribution in [0.2, 0.25) is 0 Å². The zero-order valence-electron chi connectivity index (χ0n) is 16.5. The van der Waals surface area contributed by atoms with E-state index < -0.39 is 11.9 Å². The first-order valence-corrected chi connectivity index (χ1v) is 8.82. The molecule has 7 heteroatoms. The zero-order chi connectivity index (χ0) is 20.4. The zero-order valence-corrected chi connectivity index (χ0v) is 16.5. The number of hydrogen-bond acceptors (Lipinski definition) is 5. The molecule has 0 aliphatic heterocycles. The van der Waals surface area contributed by atoms with E-state index in [9.17, 15) is 9.59 Å². The molecule has 0 saturated carbocycles. The van der Waals surface area contributed by atoms with E-state index in [0.717, 1.165) is 16.8 Å². The number of aromatic nitrogens is 3. The standard InChI is InChI=1S/C21H22N4O3/c1-12-9-10-18(13(2)11-12)25-23-15(4)19(24-25)20(26)22-17-8-6-7-16(14(17)3)21(27)28-5/h6-11H,1-5H3,(H,22,26). The van der Waals surface area contributed by atoms with Crippen LogP contribution in [-0.2, 0) is 4.74 Å². The summed E-state index contributed by atoms with van der Waals surface area (Å²) in [4.78, 5) is 26.1. The van der Waals surface area contributed by atoms with Crippen LogP contribution in [-0.4, -0.2) is 34.0 Å². The topological polar surface area (TPSA) is 86.1 Å². The van der Waals surface area contributed by atoms with Crippen molar-refractivity contribution >= 4 is 17.6 Å². The molecule has 1 amide bonds. The molecule has 0 aliphatic carbocycles. The minimum absolute atomic E-state index is 0.225. The van der Waals surface area contributed by atoms with Crippen LogP contribution in [0.4, 0.5) is 5.69 Å². The van der Waals surface area contributed by atoms with Gasteiger partial charge in [-0.2, -0.15) is 9.90 Å². The number of carbonyl (C=O) groups excluding carboxylic acids is 2. The second kappa shape index (κ2) is 7.64. The number of nitrogens with zero attached hydrogens (tertiary/aromatic N) is 3. The fourth-order valence-electron chi connectivity index (χ4n) is 3.01. The number of rotatable bonds is 4. The van der Waals surface area contributed by atoms with Crippen LogP contribution in [0.15, 0.2) is 36.4 Å². The molecule has 0 aliphatic rings. The quantitative estimate of drug-likeness (QED) is 0.702. The number of aryl methyl sites for hydroxylation is 3. The maximum Gasteiger partial charge on any atom is 0.338 e. The van der Waals surface area contributed by atoms with Gasteiger partial charge in [0.05, 0.1) is 24.1 Å². The van der Waals surface area contributed by atoms with Crippen LogP contribution < -0.4 is 5.32 Å². The normalized spacial score (nSPS) is 10.6. The van der Waals surface area contributed by atoms with Gasteiger partial charge in [-0.25, -0.2) is 4.79 Å². The number of anilines is 1. The van der Waals surface area contributed by atoms with E-state index in [0.29, 0.717) is 22.5 Å². The van der Waals surface area contributed by atoms with E-state index >= 15 is 0 Å². The van der Waals surface area contributed by atoms with Crippen LogP contribution in [0.3, 0.4) is 0 Å². The van der Waals surface area contributed by atoms with E-state index in [2.05, 4.69) is 15.5 Å². The van der Waals surface area contributed by atoms with Crippen LogP contribution >= 0.6 is 0 Å². The number of ether oxygens (including phenoxy) is 1. The van der Waals surface area contributed by atoms with Gasteiger partial charge in [0, 0.05) is 5.69 Å². The molecule has 2 aromatic carbocycles. The Labute approximate surface area is 163 Å². The summed E-state index contributed by atoms with van der Waals surface area (Å²) in [5, 5.41) is 11.6. The predicted molar refractivity (Wildman–Crippen MR) is 106 cm³/mol. The fourth-order valence-corrected chi connectivity index (χ4v) is 3.01. The van der Waals surface area contributed by atoms with Crippen molar-refractivity contribution in [2.45, 2.75) is 27.7 Å². The molecule has 1 heterocycles. The number of nitrogens with one attached hydrogen (secondary N) is 1. The number of esters is 1. The number of amides is 1. The van der Waals surface area contributed by atoms with Crippen molar-refractivity contribution in [1.29, 1.82) is 0 Å². The first-order valence-electron chi connectivity index (χ1n) is 8.82. The fraction of sp³-hybridized carbons (Fsp3) is 0.238. The van der Waals surface area contributed by atoms with Gasteiger partial charge in [0.2, 0.25) is 0 Å². The Balaban J connectivity index is 1.90. The molecular formula is C21H22N4O3. The Bertz CT molecular complexity index is 1070. The van der Waals surface area contributed by atoms with Gasteiger partial charge >= 0.3 is 5.97 Å². The van der Waals surface area contributed by atoms with Crippen LogP contribution in [0, 0.1) is 27.7 Å². The van der Waals surface area contributed by atoms with Crippen molar-refractivity contribution in [1.82, 2.24) is 15.0 Å². The molecule has 3 rings (SSSR count). The summed E-state index contributed by atoms with van der Waals surface area (Å²) in [6.45, 7) is 7.48. The predicted octanol–water partition coefficient (Wildman–Crippen LogP) is 3.54. The second-order valence-electron chi connectivity index (χ2n) is 6.64. The molecule has 7 nitrogen and oxygen atoms in total. The van der Waals surface area contributed by atoms with E-state index in [4.69, 9.17) is 4.74 Å². The molecule has 3 aromatic rings. The molecule has 0 radical (unpaired) electrons. The average molecular weight is 378 g/mol. The lowest BCUT2D eigenvalue weighted by Crippen LogP contribution is -2.16. The van der Waals surface area contributed by atoms with Gasteiger partial charge in [-0.15, -0.1) is 5.10 Å². The lowest BCUT2D eigenvalue weighted by molar-refractivity contribution is 0.0599. The molecule has 0 saturated heterocycles. The maximum atomic E-state index is 12.8. The Kier molecular flexibility index (Phi) is 5.26. The second-order valence-corrected chi connectivity index (χ2v) is 6.64. The van der Waals surface area contributed by atoms with Gasteiger partial charge in [0.1, 0.15) is 0 Å². The summed E-state index contributed by atoms with van der Waals surface area (Å²) < 4.78 is 4.78. The molecule has 144 valence electrons. The summed E-state index contributed by atoms with van der Waals surface area (Å²) in [6.07, 6.45) is 0. The van der Waals surface area contributed by atoms with Crippen LogP contribution in [0.25, 0.3) is 5.69 Å². The highest BCUT2D eigenvalue weighted by molar-refractivity contribution is 6.05. The first kappa shape index (κ1) is 19.3. The number of benzene rings is 2. The summed E-state index contributed by atoms with van der Waals surface area (Å²) in [5.41, 5.74) is 5.26. The lowest BCUT2D eigenvalue weighted by atomic mass is 10.1. The third-order valence-corrected chi connectivity index (χ3v) is 4.55. The van der Waals surface area contributed by atoms with Crippen molar-refractivity contribution in [3.63, 3.8) is 0 Å². The largest absolute Gasteiger partial charge is 0.465 e. The first-order chi connectivity index (χ1) is 13.3. The minimum Gasteiger partial charge on any atom is -0.465 e. The van der Waals surface area contributed by atoms with E-state index in [1.165, 1.54) is 11.9 Å². The molecule has 0 atom stereocenters. The number of carbonyl (C=O) groups is 2. The number of hydrogen-bond donors (Lipinski definition) is 1. The minimum atomic E-state index is -0.453. The lowest BCUT2D eigenvalue weighted by Gasteiger charge is -2.10. The van der Waals surface area contributed by atoms with E-state index in [1.54, 1.807) is 32.0 Å². The molecule has 0 unspecified atom stereocenters. The monoisotopic (exact) mass is 378 g/mol. The Morgan fingerprint density at radius 1 is 1.04 bits per heavy atom. The highest BCUT2D eigenvalue weighted by atomic mass is 16.5. The van der Waals surface area contributed by atoms with Gasteiger partial charge in [0.15, 0.2) is 5.69 Å². The molecule has 0 bridgehead atoms. The van der Waals surface area contributed by atoms with E-state index in [1.807, 2.05) is 32.0 Å². The smallest absolute Gasteiger partial charge is 0.338 e. The van der Waals surface area contributed by atoms with Crippen molar-refractivity contribution in [3.05, 3.63) is 70.0 Å². The molecular weight excluding hydrogens is 356 g/mol. The highest BCUT2D eigenvalue weighted by Gasteiger charge is 2.19. The van der Waals surface area contributed by atoms with Crippen molar-refractivity contribution < 1.29 is 14.3 Å². The molecule has 1 N–H and O–H groups in total. The van der Waals surface area contributed by atoms with E-state index in [-0.39, 0.29) is 5.69 Å². The van der Waals surface area contributed by atoms with Crippen molar-refractivity contribution in [2.75, 3.05) is 12.4 Å². The van der Waals surface area contributed by atoms with Crippen molar-refractivity contribution in [3.8, 4) is 5.69 Å². The Hall–Kier alpha value is -3.48. The van der Waals surface area contributed by atoms with Gasteiger partial charge in [-0.1, -0.05) is 23.8 Å². The Morgan fingerprint density at radius 2 is 1.79 bits per heavy atom. The van der Waals surface area contributed by atoms with Gasteiger partial charge in [0.25, 0.3) is 5.91 Å². The third kappa shape index (κ3) is 3.64. The Morgan fingerprint density at radius 3 is 2.46 bits per heavy atom. The summed E-state index contributed by atoms with van der Waals surface area (Å²) in [6, 6.07) is 11.0. The molecule has 0 spiro atoms. The molecule has 28 heavy (non-hydrogen) atoms. The third-order valence-electron chi connectivity index (χ3n) is 4.55. The molecule has 1 aromatic heterocycles. The van der Waals surface area contributed by atoms with Crippen LogP contribution in [0.1, 0.15) is 43.2 Å². The maximum absolute atomic E-state index is 12.8. The summed E-state index contributed by atoms with van der Waals surface area (Å²) in [5.74, 6) is -0.843. The van der Waals surface area contributed by atoms with Gasteiger partial charge in [-0.05, 0) is 57.0 Å². The number of methoxy groups -OCH3 is 1. The molecule has 0 fully saturated rings. The van der Waals surface area contributed by atoms with Gasteiger partial charge in [-0.3, -0.25) is 4.79 Å².